The normalized spacial score (nSPS) is 10.7. The molecule has 7 heteroatoms. The lowest BCUT2D eigenvalue weighted by Gasteiger charge is -2.00. The first-order valence-electron chi connectivity index (χ1n) is 7.97. The van der Waals surface area contributed by atoms with Gasteiger partial charge in [0.05, 0.1) is 5.69 Å². The summed E-state index contributed by atoms with van der Waals surface area (Å²) in [6, 6.07) is 18.0. The number of halogens is 2. The summed E-state index contributed by atoms with van der Waals surface area (Å²) < 4.78 is 5.65. The summed E-state index contributed by atoms with van der Waals surface area (Å²) in [5.74, 6) is 0.414. The van der Waals surface area contributed by atoms with Crippen molar-refractivity contribution >= 4 is 45.6 Å². The van der Waals surface area contributed by atoms with Crippen molar-refractivity contribution in [3.8, 4) is 22.6 Å². The van der Waals surface area contributed by atoms with Crippen LogP contribution in [0, 0.1) is 0 Å². The van der Waals surface area contributed by atoms with Gasteiger partial charge in [-0.1, -0.05) is 47.5 Å². The molecule has 0 radical (unpaired) electrons. The molecule has 0 atom stereocenters. The minimum Gasteiger partial charge on any atom is -0.451 e. The van der Waals surface area contributed by atoms with Crippen LogP contribution in [0.3, 0.4) is 0 Å². The van der Waals surface area contributed by atoms with Gasteiger partial charge in [-0.05, 0) is 36.4 Å². The molecule has 0 saturated heterocycles. The maximum absolute atomic E-state index is 12.4. The first kappa shape index (κ1) is 17.8. The van der Waals surface area contributed by atoms with Crippen molar-refractivity contribution in [2.75, 3.05) is 5.32 Å². The number of nitrogens with one attached hydrogen (secondary N) is 1. The number of carbonyl (C=O) groups is 1. The number of hydrogen-bond acceptors (Lipinski definition) is 4. The molecule has 0 unspecified atom stereocenters. The van der Waals surface area contributed by atoms with Crippen LogP contribution in [0.5, 0.6) is 0 Å². The average Bonchev–Trinajstić information content (AvgIpc) is 3.32. The average molecular weight is 415 g/mol. The zero-order valence-corrected chi connectivity index (χ0v) is 16.1. The van der Waals surface area contributed by atoms with Crippen LogP contribution >= 0.6 is 34.5 Å². The first-order chi connectivity index (χ1) is 13.1. The smallest absolute Gasteiger partial charge is 0.293 e. The second-order valence-electron chi connectivity index (χ2n) is 5.67. The molecule has 1 N–H and O–H groups in total. The third kappa shape index (κ3) is 4.06. The predicted molar refractivity (Wildman–Crippen MR) is 110 cm³/mol. The Labute approximate surface area is 169 Å². The van der Waals surface area contributed by atoms with Gasteiger partial charge in [-0.3, -0.25) is 10.1 Å². The molecule has 2 heterocycles. The third-order valence-electron chi connectivity index (χ3n) is 3.80. The lowest BCUT2D eigenvalue weighted by molar-refractivity contribution is 0.0997. The zero-order chi connectivity index (χ0) is 18.8. The van der Waals surface area contributed by atoms with E-state index in [1.807, 2.05) is 29.6 Å². The molecule has 27 heavy (non-hydrogen) atoms. The second kappa shape index (κ2) is 7.56. The highest BCUT2D eigenvalue weighted by atomic mass is 35.5. The molecule has 4 aromatic rings. The summed E-state index contributed by atoms with van der Waals surface area (Å²) in [4.78, 5) is 16.9. The van der Waals surface area contributed by atoms with Gasteiger partial charge in [-0.15, -0.1) is 11.3 Å². The fourth-order valence-corrected chi connectivity index (χ4v) is 3.53. The Hall–Kier alpha value is -2.60. The predicted octanol–water partition coefficient (Wildman–Crippen LogP) is 6.63. The van der Waals surface area contributed by atoms with Crippen LogP contribution in [0.1, 0.15) is 10.6 Å². The topological polar surface area (TPSA) is 55.1 Å². The van der Waals surface area contributed by atoms with Crippen molar-refractivity contribution in [3.63, 3.8) is 0 Å². The number of furan rings is 1. The van der Waals surface area contributed by atoms with Gasteiger partial charge in [0.25, 0.3) is 5.91 Å². The monoisotopic (exact) mass is 414 g/mol. The zero-order valence-electron chi connectivity index (χ0n) is 13.8. The van der Waals surface area contributed by atoms with E-state index in [0.29, 0.717) is 20.9 Å². The van der Waals surface area contributed by atoms with Crippen LogP contribution in [0.2, 0.25) is 10.0 Å². The van der Waals surface area contributed by atoms with Crippen LogP contribution in [0.4, 0.5) is 5.13 Å². The Morgan fingerprint density at radius 2 is 1.78 bits per heavy atom. The lowest BCUT2D eigenvalue weighted by atomic mass is 10.2. The second-order valence-corrected chi connectivity index (χ2v) is 7.40. The Kier molecular flexibility index (Phi) is 4.99. The van der Waals surface area contributed by atoms with Crippen molar-refractivity contribution in [2.24, 2.45) is 0 Å². The van der Waals surface area contributed by atoms with Crippen LogP contribution in [-0.2, 0) is 0 Å². The summed E-state index contributed by atoms with van der Waals surface area (Å²) in [6.45, 7) is 0. The van der Waals surface area contributed by atoms with Gasteiger partial charge in [-0.2, -0.15) is 0 Å². The number of hydrogen-bond donors (Lipinski definition) is 1. The quantitative estimate of drug-likeness (QED) is 0.407. The fraction of sp³-hybridized carbons (Fsp3) is 0. The number of benzene rings is 2. The van der Waals surface area contributed by atoms with E-state index < -0.39 is 0 Å². The minimum absolute atomic E-state index is 0.202. The molecule has 2 aromatic heterocycles. The SMILES string of the molecule is O=C(Nc1nc(-c2ccc(Cl)cc2)cs1)c1ccc(-c2cccc(Cl)c2)o1. The molecule has 0 fully saturated rings. The molecule has 0 aliphatic heterocycles. The molecule has 1 amide bonds. The molecule has 0 bridgehead atoms. The van der Waals surface area contributed by atoms with E-state index in [-0.39, 0.29) is 11.7 Å². The molecule has 0 aliphatic rings. The number of carbonyl (C=O) groups excluding carboxylic acids is 1. The van der Waals surface area contributed by atoms with E-state index in [1.54, 1.807) is 36.4 Å². The standard InChI is InChI=1S/C20H12Cl2N2O2S/c21-14-6-4-12(5-7-14)16-11-27-20(23-16)24-19(25)18-9-8-17(26-18)13-2-1-3-15(22)10-13/h1-11H,(H,23,24,25). The van der Waals surface area contributed by atoms with Crippen LogP contribution < -0.4 is 5.32 Å². The van der Waals surface area contributed by atoms with Crippen molar-refractivity contribution in [3.05, 3.63) is 81.8 Å². The number of amides is 1. The molecule has 134 valence electrons. The molecule has 0 spiro atoms. The summed E-state index contributed by atoms with van der Waals surface area (Å²) in [5, 5.41) is 6.39. The van der Waals surface area contributed by atoms with Gasteiger partial charge in [0.15, 0.2) is 10.9 Å². The largest absolute Gasteiger partial charge is 0.451 e. The maximum atomic E-state index is 12.4. The van der Waals surface area contributed by atoms with E-state index in [0.717, 1.165) is 16.8 Å². The van der Waals surface area contributed by atoms with E-state index in [1.165, 1.54) is 11.3 Å². The minimum atomic E-state index is -0.361. The van der Waals surface area contributed by atoms with Crippen molar-refractivity contribution in [1.29, 1.82) is 0 Å². The van der Waals surface area contributed by atoms with Gasteiger partial charge in [-0.25, -0.2) is 4.98 Å². The van der Waals surface area contributed by atoms with Crippen LogP contribution in [0.15, 0.2) is 70.5 Å². The van der Waals surface area contributed by atoms with Crippen molar-refractivity contribution in [2.45, 2.75) is 0 Å². The maximum Gasteiger partial charge on any atom is 0.293 e. The summed E-state index contributed by atoms with van der Waals surface area (Å²) in [5.41, 5.74) is 2.50. The number of thiazole rings is 1. The molecule has 0 saturated carbocycles. The van der Waals surface area contributed by atoms with Gasteiger partial charge >= 0.3 is 0 Å². The lowest BCUT2D eigenvalue weighted by Crippen LogP contribution is -2.10. The fourth-order valence-electron chi connectivity index (χ4n) is 2.50. The van der Waals surface area contributed by atoms with Crippen molar-refractivity contribution < 1.29 is 9.21 Å². The summed E-state index contributed by atoms with van der Waals surface area (Å²) in [7, 11) is 0. The molecule has 4 nitrogen and oxygen atoms in total. The van der Waals surface area contributed by atoms with Crippen LogP contribution in [-0.4, -0.2) is 10.9 Å². The Bertz CT molecular complexity index is 1100. The highest BCUT2D eigenvalue weighted by Crippen LogP contribution is 2.28. The van der Waals surface area contributed by atoms with E-state index in [4.69, 9.17) is 27.6 Å². The third-order valence-corrected chi connectivity index (χ3v) is 5.05. The Morgan fingerprint density at radius 1 is 0.963 bits per heavy atom. The van der Waals surface area contributed by atoms with E-state index in [9.17, 15) is 4.79 Å². The Balaban J connectivity index is 1.49. The van der Waals surface area contributed by atoms with E-state index in [2.05, 4.69) is 10.3 Å². The number of aromatic nitrogens is 1. The van der Waals surface area contributed by atoms with Gasteiger partial charge in [0.2, 0.25) is 0 Å². The highest BCUT2D eigenvalue weighted by Gasteiger charge is 2.15. The number of rotatable bonds is 4. The molecular weight excluding hydrogens is 403 g/mol. The first-order valence-corrected chi connectivity index (χ1v) is 9.61. The number of nitrogens with zero attached hydrogens (tertiary/aromatic N) is 1. The highest BCUT2D eigenvalue weighted by molar-refractivity contribution is 7.14. The number of anilines is 1. The van der Waals surface area contributed by atoms with Gasteiger partial charge < -0.3 is 4.42 Å². The van der Waals surface area contributed by atoms with Gasteiger partial charge in [0.1, 0.15) is 5.76 Å². The van der Waals surface area contributed by atoms with Crippen LogP contribution in [0.25, 0.3) is 22.6 Å². The molecular formula is C20H12Cl2N2O2S. The Morgan fingerprint density at radius 3 is 2.56 bits per heavy atom. The van der Waals surface area contributed by atoms with Gasteiger partial charge in [0, 0.05) is 26.6 Å². The van der Waals surface area contributed by atoms with Crippen molar-refractivity contribution in [1.82, 2.24) is 4.98 Å². The molecule has 4 rings (SSSR count). The van der Waals surface area contributed by atoms with E-state index >= 15 is 0 Å². The summed E-state index contributed by atoms with van der Waals surface area (Å²) in [6.07, 6.45) is 0. The molecule has 0 aliphatic carbocycles. The molecule has 2 aromatic carbocycles. The summed E-state index contributed by atoms with van der Waals surface area (Å²) >= 11 is 13.2.